The number of rotatable bonds is 4. The average Bonchev–Trinajstić information content (AvgIpc) is 3.24. The van der Waals surface area contributed by atoms with Gasteiger partial charge in [-0.25, -0.2) is 9.97 Å². The Kier molecular flexibility index (Phi) is 4.26. The van der Waals surface area contributed by atoms with Crippen molar-refractivity contribution < 1.29 is 9.32 Å². The molecule has 124 valence electrons. The molecule has 0 aliphatic carbocycles. The minimum atomic E-state index is -0.505. The van der Waals surface area contributed by atoms with Gasteiger partial charge in [-0.05, 0) is 13.8 Å². The number of hydrogen-bond acceptors (Lipinski definition) is 7. The summed E-state index contributed by atoms with van der Waals surface area (Å²) in [6.07, 6.45) is 2.71. The Labute approximate surface area is 141 Å². The van der Waals surface area contributed by atoms with Crippen molar-refractivity contribution in [3.8, 4) is 11.5 Å². The van der Waals surface area contributed by atoms with Crippen LogP contribution in [0.5, 0.6) is 0 Å². The molecule has 0 aliphatic rings. The van der Waals surface area contributed by atoms with Gasteiger partial charge in [0.15, 0.2) is 5.82 Å². The Hall–Kier alpha value is -2.81. The van der Waals surface area contributed by atoms with Crippen LogP contribution < -0.4 is 5.56 Å². The van der Waals surface area contributed by atoms with Crippen LogP contribution in [0.2, 0.25) is 0 Å². The molecule has 0 aliphatic heterocycles. The third-order valence-electron chi connectivity index (χ3n) is 3.68. The van der Waals surface area contributed by atoms with Crippen molar-refractivity contribution in [2.75, 3.05) is 7.05 Å². The van der Waals surface area contributed by atoms with E-state index in [2.05, 4.69) is 20.1 Å². The fourth-order valence-corrected chi connectivity index (χ4v) is 2.75. The Balaban J connectivity index is 1.86. The lowest BCUT2D eigenvalue weighted by atomic mass is 10.2. The number of carbonyl (C=O) groups is 1. The van der Waals surface area contributed by atoms with Gasteiger partial charge in [-0.1, -0.05) is 5.16 Å². The molecule has 1 atom stereocenters. The number of nitrogens with zero attached hydrogens (tertiary/aromatic N) is 4. The summed E-state index contributed by atoms with van der Waals surface area (Å²) in [5, 5.41) is 6.48. The van der Waals surface area contributed by atoms with Crippen molar-refractivity contribution in [2.24, 2.45) is 0 Å². The highest BCUT2D eigenvalue weighted by Crippen LogP contribution is 2.19. The normalized spacial score (nSPS) is 12.1. The van der Waals surface area contributed by atoms with Gasteiger partial charge in [0.2, 0.25) is 0 Å². The Morgan fingerprint density at radius 1 is 1.46 bits per heavy atom. The lowest BCUT2D eigenvalue weighted by molar-refractivity contribution is 0.0735. The number of thiazole rings is 1. The van der Waals surface area contributed by atoms with Crippen LogP contribution in [0.25, 0.3) is 11.5 Å². The van der Waals surface area contributed by atoms with E-state index in [0.717, 1.165) is 5.01 Å². The number of aromatic amines is 1. The SMILES string of the molecule is Cc1nc(-c2ncc(C(=O)N(C)[C@H](C)c3ccon3)c(=O)[nH]2)cs1. The molecule has 8 nitrogen and oxygen atoms in total. The van der Waals surface area contributed by atoms with Crippen molar-refractivity contribution in [3.05, 3.63) is 50.5 Å². The summed E-state index contributed by atoms with van der Waals surface area (Å²) in [5.74, 6) is -0.103. The van der Waals surface area contributed by atoms with Crippen molar-refractivity contribution >= 4 is 17.2 Å². The molecular weight excluding hydrogens is 330 g/mol. The van der Waals surface area contributed by atoms with Gasteiger partial charge in [-0.2, -0.15) is 0 Å². The molecule has 1 amide bonds. The quantitative estimate of drug-likeness (QED) is 0.775. The first-order valence-corrected chi connectivity index (χ1v) is 8.04. The lowest BCUT2D eigenvalue weighted by Crippen LogP contribution is -2.34. The van der Waals surface area contributed by atoms with Crippen molar-refractivity contribution in [1.82, 2.24) is 25.0 Å². The van der Waals surface area contributed by atoms with E-state index in [4.69, 9.17) is 4.52 Å². The number of amides is 1. The molecule has 3 aromatic heterocycles. The Bertz CT molecular complexity index is 915. The summed E-state index contributed by atoms with van der Waals surface area (Å²) >= 11 is 1.46. The van der Waals surface area contributed by atoms with Crippen LogP contribution in [0, 0.1) is 6.92 Å². The second-order valence-corrected chi connectivity index (χ2v) is 6.30. The average molecular weight is 345 g/mol. The number of aromatic nitrogens is 4. The molecule has 0 unspecified atom stereocenters. The summed E-state index contributed by atoms with van der Waals surface area (Å²) < 4.78 is 4.79. The van der Waals surface area contributed by atoms with Crippen LogP contribution in [-0.2, 0) is 0 Å². The lowest BCUT2D eigenvalue weighted by Gasteiger charge is -2.22. The number of carbonyl (C=O) groups excluding carboxylic acids is 1. The smallest absolute Gasteiger partial charge is 0.264 e. The maximum Gasteiger partial charge on any atom is 0.264 e. The third kappa shape index (κ3) is 2.98. The monoisotopic (exact) mass is 345 g/mol. The van der Waals surface area contributed by atoms with Gasteiger partial charge in [-0.3, -0.25) is 9.59 Å². The molecule has 3 heterocycles. The topological polar surface area (TPSA) is 105 Å². The van der Waals surface area contributed by atoms with E-state index >= 15 is 0 Å². The third-order valence-corrected chi connectivity index (χ3v) is 4.45. The van der Waals surface area contributed by atoms with E-state index in [1.807, 2.05) is 6.92 Å². The van der Waals surface area contributed by atoms with Crippen molar-refractivity contribution in [1.29, 1.82) is 0 Å². The Morgan fingerprint density at radius 2 is 2.25 bits per heavy atom. The fraction of sp³-hybridized carbons (Fsp3) is 0.267. The van der Waals surface area contributed by atoms with Gasteiger partial charge in [0.1, 0.15) is 23.2 Å². The highest BCUT2D eigenvalue weighted by molar-refractivity contribution is 7.09. The van der Waals surface area contributed by atoms with E-state index in [9.17, 15) is 9.59 Å². The zero-order chi connectivity index (χ0) is 17.3. The molecule has 0 bridgehead atoms. The first-order chi connectivity index (χ1) is 11.5. The second kappa shape index (κ2) is 6.36. The molecule has 0 spiro atoms. The standard InChI is InChI=1S/C15H15N5O3S/c1-8(11-4-5-23-19-11)20(3)15(22)10-6-16-13(18-14(10)21)12-7-24-9(2)17-12/h4-8H,1-3H3,(H,16,18,21)/t8-/m1/s1. The minimum Gasteiger partial charge on any atom is -0.364 e. The largest absolute Gasteiger partial charge is 0.364 e. The van der Waals surface area contributed by atoms with Crippen LogP contribution in [0.3, 0.4) is 0 Å². The first kappa shape index (κ1) is 16.1. The summed E-state index contributed by atoms with van der Waals surface area (Å²) in [7, 11) is 1.60. The molecule has 0 saturated carbocycles. The van der Waals surface area contributed by atoms with Crippen molar-refractivity contribution in [2.45, 2.75) is 19.9 Å². The van der Waals surface area contributed by atoms with Crippen LogP contribution in [0.4, 0.5) is 0 Å². The van der Waals surface area contributed by atoms with Gasteiger partial charge in [-0.15, -0.1) is 11.3 Å². The highest BCUT2D eigenvalue weighted by atomic mass is 32.1. The molecule has 0 radical (unpaired) electrons. The van der Waals surface area contributed by atoms with E-state index in [0.29, 0.717) is 17.2 Å². The van der Waals surface area contributed by atoms with Gasteiger partial charge >= 0.3 is 0 Å². The van der Waals surface area contributed by atoms with Crippen molar-refractivity contribution in [3.63, 3.8) is 0 Å². The number of hydrogen-bond donors (Lipinski definition) is 1. The highest BCUT2D eigenvalue weighted by Gasteiger charge is 2.23. The van der Waals surface area contributed by atoms with E-state index < -0.39 is 11.5 Å². The number of aryl methyl sites for hydroxylation is 1. The molecule has 3 aromatic rings. The summed E-state index contributed by atoms with van der Waals surface area (Å²) in [6.45, 7) is 3.66. The molecule has 9 heteroatoms. The van der Waals surface area contributed by atoms with Gasteiger partial charge in [0.25, 0.3) is 11.5 Å². The zero-order valence-electron chi connectivity index (χ0n) is 13.3. The molecule has 1 N–H and O–H groups in total. The number of H-pyrrole nitrogens is 1. The zero-order valence-corrected chi connectivity index (χ0v) is 14.1. The molecule has 3 rings (SSSR count). The van der Waals surface area contributed by atoms with E-state index in [-0.39, 0.29) is 11.6 Å². The minimum absolute atomic E-state index is 0.0384. The predicted molar refractivity (Wildman–Crippen MR) is 87.7 cm³/mol. The summed E-state index contributed by atoms with van der Waals surface area (Å²) in [4.78, 5) is 37.3. The van der Waals surface area contributed by atoms with Gasteiger partial charge < -0.3 is 14.4 Å². The maximum atomic E-state index is 12.5. The van der Waals surface area contributed by atoms with Crippen LogP contribution in [-0.4, -0.2) is 38.0 Å². The molecule has 0 saturated heterocycles. The van der Waals surface area contributed by atoms with Crippen LogP contribution in [0.15, 0.2) is 33.2 Å². The first-order valence-electron chi connectivity index (χ1n) is 7.16. The maximum absolute atomic E-state index is 12.5. The van der Waals surface area contributed by atoms with Gasteiger partial charge in [0, 0.05) is 24.7 Å². The number of nitrogens with one attached hydrogen (secondary N) is 1. The molecule has 0 fully saturated rings. The fourth-order valence-electron chi connectivity index (χ4n) is 2.15. The summed E-state index contributed by atoms with van der Waals surface area (Å²) in [5.41, 5.74) is 0.640. The van der Waals surface area contributed by atoms with Gasteiger partial charge in [0.05, 0.1) is 11.0 Å². The summed E-state index contributed by atoms with van der Waals surface area (Å²) in [6, 6.07) is 1.33. The van der Waals surface area contributed by atoms with E-state index in [1.54, 1.807) is 25.4 Å². The van der Waals surface area contributed by atoms with Crippen LogP contribution >= 0.6 is 11.3 Å². The van der Waals surface area contributed by atoms with E-state index in [1.165, 1.54) is 28.7 Å². The second-order valence-electron chi connectivity index (χ2n) is 5.24. The molecule has 0 aromatic carbocycles. The Morgan fingerprint density at radius 3 is 2.83 bits per heavy atom. The molecular formula is C15H15N5O3S. The predicted octanol–water partition coefficient (Wildman–Crippen LogP) is 2.02. The van der Waals surface area contributed by atoms with Crippen LogP contribution in [0.1, 0.15) is 34.0 Å². The molecule has 24 heavy (non-hydrogen) atoms.